The Hall–Kier alpha value is -3.15. The Kier molecular flexibility index (Phi) is 4.64. The van der Waals surface area contributed by atoms with E-state index in [4.69, 9.17) is 0 Å². The van der Waals surface area contributed by atoms with Crippen LogP contribution in [0.4, 0.5) is 16.2 Å². The van der Waals surface area contributed by atoms with Crippen molar-refractivity contribution in [3.8, 4) is 11.4 Å². The largest absolute Gasteiger partial charge is 0.323 e. The van der Waals surface area contributed by atoms with Crippen molar-refractivity contribution in [1.29, 1.82) is 0 Å². The predicted octanol–water partition coefficient (Wildman–Crippen LogP) is 4.32. The van der Waals surface area contributed by atoms with Crippen LogP contribution in [0, 0.1) is 0 Å². The van der Waals surface area contributed by atoms with E-state index in [1.165, 1.54) is 12.8 Å². The third-order valence-corrected chi connectivity index (χ3v) is 4.54. The van der Waals surface area contributed by atoms with Crippen LogP contribution >= 0.6 is 0 Å². The van der Waals surface area contributed by atoms with Gasteiger partial charge >= 0.3 is 6.03 Å². The maximum atomic E-state index is 12.1. The fourth-order valence-electron chi connectivity index (χ4n) is 3.22. The molecule has 2 aromatic carbocycles. The van der Waals surface area contributed by atoms with E-state index < -0.39 is 0 Å². The van der Waals surface area contributed by atoms with Gasteiger partial charge in [0.1, 0.15) is 5.82 Å². The lowest BCUT2D eigenvalue weighted by molar-refractivity contribution is 0.262. The van der Waals surface area contributed by atoms with Gasteiger partial charge in [0.2, 0.25) is 0 Å². The van der Waals surface area contributed by atoms with Gasteiger partial charge in [-0.1, -0.05) is 24.6 Å². The number of nitrogens with zero attached hydrogens (tertiary/aromatic N) is 3. The zero-order valence-electron chi connectivity index (χ0n) is 14.5. The molecule has 1 aromatic heterocycles. The molecular weight excluding hydrogens is 326 g/mol. The number of aromatic nitrogens is 3. The highest BCUT2D eigenvalue weighted by Gasteiger charge is 2.15. The molecule has 26 heavy (non-hydrogen) atoms. The van der Waals surface area contributed by atoms with Crippen LogP contribution < -0.4 is 10.6 Å². The lowest BCUT2D eigenvalue weighted by Crippen LogP contribution is -2.19. The number of rotatable bonds is 3. The minimum atomic E-state index is -0.264. The van der Waals surface area contributed by atoms with Gasteiger partial charge < -0.3 is 15.2 Å². The number of carbonyl (C=O) groups is 1. The highest BCUT2D eigenvalue weighted by molar-refractivity contribution is 5.99. The Morgan fingerprint density at radius 1 is 0.846 bits per heavy atom. The van der Waals surface area contributed by atoms with Gasteiger partial charge in [0.25, 0.3) is 0 Å². The molecule has 0 atom stereocenters. The average Bonchev–Trinajstić information content (AvgIpc) is 2.91. The molecule has 0 spiro atoms. The Balaban J connectivity index is 1.46. The molecule has 0 bridgehead atoms. The smallest absolute Gasteiger partial charge is 0.311 e. The maximum absolute atomic E-state index is 12.1. The van der Waals surface area contributed by atoms with E-state index in [-0.39, 0.29) is 6.03 Å². The van der Waals surface area contributed by atoms with Gasteiger partial charge in [0.15, 0.2) is 5.82 Å². The lowest BCUT2D eigenvalue weighted by Gasteiger charge is -2.09. The summed E-state index contributed by atoms with van der Waals surface area (Å²) in [6.07, 6.45) is 4.57. The molecule has 2 amide bonds. The second-order valence-electron chi connectivity index (χ2n) is 6.42. The van der Waals surface area contributed by atoms with Crippen LogP contribution in [0.15, 0.2) is 54.6 Å². The van der Waals surface area contributed by atoms with Crippen LogP contribution in [0.5, 0.6) is 0 Å². The van der Waals surface area contributed by atoms with Gasteiger partial charge in [-0.2, -0.15) is 0 Å². The second kappa shape index (κ2) is 7.39. The van der Waals surface area contributed by atoms with Crippen molar-refractivity contribution in [3.05, 3.63) is 60.4 Å². The van der Waals surface area contributed by atoms with Crippen molar-refractivity contribution in [3.63, 3.8) is 0 Å². The van der Waals surface area contributed by atoms with Crippen molar-refractivity contribution < 1.29 is 4.79 Å². The average molecular weight is 347 g/mol. The molecule has 6 nitrogen and oxygen atoms in total. The zero-order valence-corrected chi connectivity index (χ0v) is 14.5. The predicted molar refractivity (Wildman–Crippen MR) is 102 cm³/mol. The highest BCUT2D eigenvalue weighted by Crippen LogP contribution is 2.24. The Morgan fingerprint density at radius 3 is 2.35 bits per heavy atom. The van der Waals surface area contributed by atoms with Crippen molar-refractivity contribution in [1.82, 2.24) is 14.8 Å². The Bertz CT molecular complexity index is 886. The molecule has 0 fully saturated rings. The molecule has 0 saturated heterocycles. The Labute approximate surface area is 152 Å². The van der Waals surface area contributed by atoms with E-state index in [0.29, 0.717) is 0 Å². The summed E-state index contributed by atoms with van der Waals surface area (Å²) in [6.45, 7) is 0.969. The van der Waals surface area contributed by atoms with Crippen LogP contribution in [0.2, 0.25) is 0 Å². The SMILES string of the molecule is O=C(Nc1ccccc1)Nc1ccc(-c2nnc3n2CCCCC3)cc1. The zero-order chi connectivity index (χ0) is 17.8. The lowest BCUT2D eigenvalue weighted by atomic mass is 10.2. The number of hydrogen-bond acceptors (Lipinski definition) is 3. The maximum Gasteiger partial charge on any atom is 0.323 e. The third kappa shape index (κ3) is 3.59. The van der Waals surface area contributed by atoms with E-state index in [9.17, 15) is 4.79 Å². The van der Waals surface area contributed by atoms with Crippen LogP contribution in [0.25, 0.3) is 11.4 Å². The number of amides is 2. The summed E-state index contributed by atoms with van der Waals surface area (Å²) in [7, 11) is 0. The first-order valence-electron chi connectivity index (χ1n) is 8.95. The number of anilines is 2. The Morgan fingerprint density at radius 2 is 1.58 bits per heavy atom. The van der Waals surface area contributed by atoms with Gasteiger partial charge in [-0.15, -0.1) is 10.2 Å². The summed E-state index contributed by atoms with van der Waals surface area (Å²) >= 11 is 0. The summed E-state index contributed by atoms with van der Waals surface area (Å²) in [5.74, 6) is 1.98. The van der Waals surface area contributed by atoms with Crippen molar-refractivity contribution >= 4 is 17.4 Å². The van der Waals surface area contributed by atoms with E-state index in [0.717, 1.165) is 48.0 Å². The molecule has 4 rings (SSSR count). The number of nitrogens with one attached hydrogen (secondary N) is 2. The van der Waals surface area contributed by atoms with Crippen molar-refractivity contribution in [2.45, 2.75) is 32.2 Å². The normalized spacial score (nSPS) is 13.5. The summed E-state index contributed by atoms with van der Waals surface area (Å²) in [6, 6.07) is 16.8. The molecule has 1 aliphatic heterocycles. The molecule has 3 aromatic rings. The van der Waals surface area contributed by atoms with Crippen LogP contribution in [0.1, 0.15) is 25.1 Å². The summed E-state index contributed by atoms with van der Waals surface area (Å²) in [4.78, 5) is 12.1. The fraction of sp³-hybridized carbons (Fsp3) is 0.250. The van der Waals surface area contributed by atoms with Gasteiger partial charge in [-0.3, -0.25) is 0 Å². The molecule has 2 heterocycles. The first-order valence-corrected chi connectivity index (χ1v) is 8.95. The first-order chi connectivity index (χ1) is 12.8. The number of benzene rings is 2. The van der Waals surface area contributed by atoms with Crippen LogP contribution in [-0.4, -0.2) is 20.8 Å². The van der Waals surface area contributed by atoms with Crippen LogP contribution in [-0.2, 0) is 13.0 Å². The fourth-order valence-corrected chi connectivity index (χ4v) is 3.22. The molecular formula is C20H21N5O. The van der Waals surface area contributed by atoms with E-state index in [1.807, 2.05) is 54.6 Å². The van der Waals surface area contributed by atoms with E-state index in [1.54, 1.807) is 0 Å². The van der Waals surface area contributed by atoms with E-state index >= 15 is 0 Å². The number of para-hydroxylation sites is 1. The quantitative estimate of drug-likeness (QED) is 0.741. The molecule has 0 radical (unpaired) electrons. The van der Waals surface area contributed by atoms with Crippen molar-refractivity contribution in [2.24, 2.45) is 0 Å². The van der Waals surface area contributed by atoms with Crippen molar-refractivity contribution in [2.75, 3.05) is 10.6 Å². The van der Waals surface area contributed by atoms with Crippen LogP contribution in [0.3, 0.4) is 0 Å². The standard InChI is InChI=1S/C20H21N5O/c26-20(21-16-7-3-1-4-8-16)22-17-12-10-15(11-13-17)19-24-23-18-9-5-2-6-14-25(18)19/h1,3-4,7-8,10-13H,2,5-6,9,14H2,(H2,21,22,26). The molecule has 1 aliphatic rings. The molecule has 0 aliphatic carbocycles. The number of fused-ring (bicyclic) bond motifs is 1. The monoisotopic (exact) mass is 347 g/mol. The molecule has 2 N–H and O–H groups in total. The molecule has 132 valence electrons. The molecule has 0 unspecified atom stereocenters. The van der Waals surface area contributed by atoms with Gasteiger partial charge in [-0.25, -0.2) is 4.79 Å². The minimum absolute atomic E-state index is 0.264. The van der Waals surface area contributed by atoms with Gasteiger partial charge in [0.05, 0.1) is 0 Å². The van der Waals surface area contributed by atoms with Gasteiger partial charge in [0, 0.05) is 29.9 Å². The number of hydrogen-bond donors (Lipinski definition) is 2. The third-order valence-electron chi connectivity index (χ3n) is 4.54. The summed E-state index contributed by atoms with van der Waals surface area (Å²) < 4.78 is 2.22. The topological polar surface area (TPSA) is 71.8 Å². The summed E-state index contributed by atoms with van der Waals surface area (Å²) in [5, 5.41) is 14.4. The van der Waals surface area contributed by atoms with Gasteiger partial charge in [-0.05, 0) is 49.2 Å². The number of carbonyl (C=O) groups excluding carboxylic acids is 1. The number of aryl methyl sites for hydroxylation is 1. The minimum Gasteiger partial charge on any atom is -0.311 e. The first kappa shape index (κ1) is 16.3. The highest BCUT2D eigenvalue weighted by atomic mass is 16.2. The second-order valence-corrected chi connectivity index (χ2v) is 6.42. The number of urea groups is 1. The molecule has 0 saturated carbocycles. The summed E-state index contributed by atoms with van der Waals surface area (Å²) in [5.41, 5.74) is 2.50. The van der Waals surface area contributed by atoms with E-state index in [2.05, 4.69) is 25.4 Å². The molecule has 6 heteroatoms.